The summed E-state index contributed by atoms with van der Waals surface area (Å²) in [5.74, 6) is 0. The van der Waals surface area contributed by atoms with Gasteiger partial charge in [-0.05, 0) is 24.1 Å². The topological polar surface area (TPSA) is 0 Å². The van der Waals surface area contributed by atoms with Crippen molar-refractivity contribution in [1.82, 2.24) is 0 Å². The summed E-state index contributed by atoms with van der Waals surface area (Å²) in [6, 6.07) is 15.7. The molecule has 0 bridgehead atoms. The monoisotopic (exact) mass is 328 g/mol. The average molecular weight is 329 g/mol. The molecule has 0 aliphatic rings. The molecule has 0 aromatic heterocycles. The van der Waals surface area contributed by atoms with E-state index in [0.717, 1.165) is 16.7 Å². The van der Waals surface area contributed by atoms with Crippen LogP contribution in [0.3, 0.4) is 0 Å². The second kappa shape index (κ2) is 7.00. The Labute approximate surface area is 142 Å². The number of benzene rings is 2. The van der Waals surface area contributed by atoms with Crippen LogP contribution in [0.1, 0.15) is 16.7 Å². The SMILES string of the molecule is C=C/C=C(\C=C)C(Cl)(c1ccc(C)cc1)c1ccccc1Cl. The first kappa shape index (κ1) is 16.6. The van der Waals surface area contributed by atoms with E-state index in [1.807, 2.05) is 61.5 Å². The summed E-state index contributed by atoms with van der Waals surface area (Å²) in [7, 11) is 0. The summed E-state index contributed by atoms with van der Waals surface area (Å²) in [4.78, 5) is -0.901. The Hall–Kier alpha value is -1.76. The van der Waals surface area contributed by atoms with Gasteiger partial charge in [-0.1, -0.05) is 91.0 Å². The van der Waals surface area contributed by atoms with Gasteiger partial charge in [0, 0.05) is 10.6 Å². The van der Waals surface area contributed by atoms with E-state index in [0.29, 0.717) is 5.02 Å². The minimum Gasteiger partial charge on any atom is -0.103 e. The van der Waals surface area contributed by atoms with Crippen LogP contribution in [-0.2, 0) is 4.87 Å². The Bertz CT molecular complexity index is 711. The van der Waals surface area contributed by atoms with Crippen LogP contribution in [0.25, 0.3) is 0 Å². The first-order valence-electron chi connectivity index (χ1n) is 7.00. The van der Waals surface area contributed by atoms with Crippen molar-refractivity contribution in [3.05, 3.63) is 107 Å². The molecule has 1 atom stereocenters. The third-order valence-corrected chi connectivity index (χ3v) is 4.58. The number of aryl methyl sites for hydroxylation is 1. The highest BCUT2D eigenvalue weighted by molar-refractivity contribution is 6.35. The van der Waals surface area contributed by atoms with Gasteiger partial charge >= 0.3 is 0 Å². The molecule has 112 valence electrons. The maximum atomic E-state index is 7.12. The number of halogens is 2. The molecule has 1 unspecified atom stereocenters. The highest BCUT2D eigenvalue weighted by atomic mass is 35.5. The first-order chi connectivity index (χ1) is 10.5. The smallest absolute Gasteiger partial charge is 0.103 e. The van der Waals surface area contributed by atoms with Crippen LogP contribution in [0.15, 0.2) is 85.5 Å². The molecule has 0 N–H and O–H groups in total. The predicted octanol–water partition coefficient (Wildman–Crippen LogP) is 6.43. The van der Waals surface area contributed by atoms with Crippen LogP contribution >= 0.6 is 23.2 Å². The molecule has 2 aromatic carbocycles. The normalized spacial score (nSPS) is 14.2. The zero-order valence-electron chi connectivity index (χ0n) is 12.5. The zero-order chi connectivity index (χ0) is 16.2. The van der Waals surface area contributed by atoms with E-state index in [2.05, 4.69) is 13.2 Å². The second-order valence-corrected chi connectivity index (χ2v) is 6.04. The lowest BCUT2D eigenvalue weighted by Crippen LogP contribution is -2.23. The maximum absolute atomic E-state index is 7.12. The minimum atomic E-state index is -0.901. The molecular weight excluding hydrogens is 311 g/mol. The molecule has 0 heterocycles. The van der Waals surface area contributed by atoms with Crippen molar-refractivity contribution in [2.24, 2.45) is 0 Å². The van der Waals surface area contributed by atoms with Crippen LogP contribution in [0, 0.1) is 6.92 Å². The molecule has 0 saturated carbocycles. The van der Waals surface area contributed by atoms with E-state index in [-0.39, 0.29) is 0 Å². The van der Waals surface area contributed by atoms with Crippen LogP contribution < -0.4 is 0 Å². The highest BCUT2D eigenvalue weighted by Gasteiger charge is 2.36. The van der Waals surface area contributed by atoms with Gasteiger partial charge in [0.15, 0.2) is 0 Å². The molecule has 0 aliphatic carbocycles. The number of alkyl halides is 1. The quantitative estimate of drug-likeness (QED) is 0.438. The fourth-order valence-electron chi connectivity index (χ4n) is 2.45. The van der Waals surface area contributed by atoms with Crippen LogP contribution in [0.4, 0.5) is 0 Å². The molecular formula is C20H18Cl2. The van der Waals surface area contributed by atoms with Crippen molar-refractivity contribution < 1.29 is 0 Å². The fraction of sp³-hybridized carbons (Fsp3) is 0.100. The summed E-state index contributed by atoms with van der Waals surface area (Å²) in [5, 5.41) is 0.620. The number of rotatable bonds is 5. The standard InChI is InChI=1S/C20H18Cl2/c1-4-8-16(5-2)20(22,17-13-11-15(3)12-14-17)18-9-6-7-10-19(18)21/h4-14H,1-2H2,3H3/b16-8+. The Kier molecular flexibility index (Phi) is 5.28. The molecule has 0 nitrogen and oxygen atoms in total. The predicted molar refractivity (Wildman–Crippen MR) is 97.7 cm³/mol. The third-order valence-electron chi connectivity index (χ3n) is 3.61. The Morgan fingerprint density at radius 3 is 2.23 bits per heavy atom. The van der Waals surface area contributed by atoms with Crippen molar-refractivity contribution in [2.45, 2.75) is 11.8 Å². The van der Waals surface area contributed by atoms with Gasteiger partial charge < -0.3 is 0 Å². The summed E-state index contributed by atoms with van der Waals surface area (Å²) in [6.07, 6.45) is 5.32. The first-order valence-corrected chi connectivity index (χ1v) is 7.76. The minimum absolute atomic E-state index is 0.620. The van der Waals surface area contributed by atoms with Gasteiger partial charge in [-0.2, -0.15) is 0 Å². The van der Waals surface area contributed by atoms with Gasteiger partial charge in [0.1, 0.15) is 4.87 Å². The van der Waals surface area contributed by atoms with E-state index in [9.17, 15) is 0 Å². The van der Waals surface area contributed by atoms with Gasteiger partial charge in [-0.15, -0.1) is 11.6 Å². The van der Waals surface area contributed by atoms with Gasteiger partial charge in [0.25, 0.3) is 0 Å². The van der Waals surface area contributed by atoms with Crippen molar-refractivity contribution in [3.63, 3.8) is 0 Å². The molecule has 0 aliphatic heterocycles. The van der Waals surface area contributed by atoms with Gasteiger partial charge in [0.05, 0.1) is 0 Å². The summed E-state index contributed by atoms with van der Waals surface area (Å²) in [6.45, 7) is 9.72. The van der Waals surface area contributed by atoms with Crippen molar-refractivity contribution in [1.29, 1.82) is 0 Å². The van der Waals surface area contributed by atoms with Gasteiger partial charge in [-0.25, -0.2) is 0 Å². The molecule has 0 fully saturated rings. The molecule has 0 saturated heterocycles. The average Bonchev–Trinajstić information content (AvgIpc) is 2.53. The fourth-order valence-corrected chi connectivity index (χ4v) is 3.21. The summed E-state index contributed by atoms with van der Waals surface area (Å²) in [5.41, 5.74) is 3.78. The Morgan fingerprint density at radius 1 is 1.05 bits per heavy atom. The summed E-state index contributed by atoms with van der Waals surface area (Å²) >= 11 is 13.5. The molecule has 2 aromatic rings. The highest BCUT2D eigenvalue weighted by Crippen LogP contribution is 2.46. The van der Waals surface area contributed by atoms with Crippen LogP contribution in [0.2, 0.25) is 5.02 Å². The molecule has 0 spiro atoms. The molecule has 22 heavy (non-hydrogen) atoms. The summed E-state index contributed by atoms with van der Waals surface area (Å²) < 4.78 is 0. The lowest BCUT2D eigenvalue weighted by atomic mass is 9.83. The number of allylic oxidation sites excluding steroid dienone is 4. The van der Waals surface area contributed by atoms with Crippen LogP contribution in [0.5, 0.6) is 0 Å². The van der Waals surface area contributed by atoms with Crippen molar-refractivity contribution in [3.8, 4) is 0 Å². The molecule has 2 heteroatoms. The van der Waals surface area contributed by atoms with Gasteiger partial charge in [0.2, 0.25) is 0 Å². The lowest BCUT2D eigenvalue weighted by molar-refractivity contribution is 0.878. The third kappa shape index (κ3) is 3.04. The van der Waals surface area contributed by atoms with E-state index >= 15 is 0 Å². The maximum Gasteiger partial charge on any atom is 0.121 e. The van der Waals surface area contributed by atoms with E-state index in [1.54, 1.807) is 12.2 Å². The van der Waals surface area contributed by atoms with E-state index in [4.69, 9.17) is 23.2 Å². The molecule has 0 radical (unpaired) electrons. The van der Waals surface area contributed by atoms with Crippen molar-refractivity contribution in [2.75, 3.05) is 0 Å². The number of hydrogen-bond donors (Lipinski definition) is 0. The van der Waals surface area contributed by atoms with Gasteiger partial charge in [-0.3, -0.25) is 0 Å². The molecule has 2 rings (SSSR count). The van der Waals surface area contributed by atoms with E-state index < -0.39 is 4.87 Å². The largest absolute Gasteiger partial charge is 0.121 e. The Morgan fingerprint density at radius 2 is 1.68 bits per heavy atom. The Balaban J connectivity index is 2.77. The lowest BCUT2D eigenvalue weighted by Gasteiger charge is -2.31. The van der Waals surface area contributed by atoms with E-state index in [1.165, 1.54) is 5.56 Å². The molecule has 0 amide bonds. The number of hydrogen-bond acceptors (Lipinski definition) is 0. The second-order valence-electron chi connectivity index (χ2n) is 5.07. The van der Waals surface area contributed by atoms with Crippen molar-refractivity contribution >= 4 is 23.2 Å². The van der Waals surface area contributed by atoms with Crippen LogP contribution in [-0.4, -0.2) is 0 Å². The zero-order valence-corrected chi connectivity index (χ0v) is 14.0.